The predicted molar refractivity (Wildman–Crippen MR) is 128 cm³/mol. The Morgan fingerprint density at radius 3 is 2.59 bits per heavy atom. The van der Waals surface area contributed by atoms with Gasteiger partial charge in [-0.15, -0.1) is 11.3 Å². The summed E-state index contributed by atoms with van der Waals surface area (Å²) < 4.78 is 0. The van der Waals surface area contributed by atoms with Crippen LogP contribution >= 0.6 is 11.3 Å². The summed E-state index contributed by atoms with van der Waals surface area (Å²) in [6, 6.07) is 0.342. The molecule has 7 heteroatoms. The van der Waals surface area contributed by atoms with Crippen LogP contribution in [-0.2, 0) is 16.0 Å². The minimum Gasteiger partial charge on any atom is -0.392 e. The number of fused-ring (bicyclic) bond motifs is 2. The highest BCUT2D eigenvalue weighted by molar-refractivity contribution is 7.15. The molecule has 0 aliphatic heterocycles. The van der Waals surface area contributed by atoms with E-state index >= 15 is 0 Å². The van der Waals surface area contributed by atoms with Crippen molar-refractivity contribution < 1.29 is 14.7 Å². The molecule has 2 amide bonds. The van der Waals surface area contributed by atoms with E-state index in [0.717, 1.165) is 37.8 Å². The lowest BCUT2D eigenvalue weighted by Gasteiger charge is -2.53. The number of aromatic nitrogens is 1. The number of anilines is 1. The standard InChI is InChI=1S/C25H39N3O3S/c1-13(22(31)26-15-7-8-15)16-9-10-25(6)11-17-20(14(2)19(25)21(16)30)28-23(32-17)27-18(29)12-24(3,4)5/h13-16,19,21,30H,7-12H2,1-6H3,(H,26,31)(H,27,28,29)/t13-,14-,16-,19+,21-,25-/m0/s1. The Hall–Kier alpha value is -1.47. The van der Waals surface area contributed by atoms with E-state index in [1.807, 2.05) is 6.92 Å². The molecule has 4 rings (SSSR count). The smallest absolute Gasteiger partial charge is 0.226 e. The van der Waals surface area contributed by atoms with Gasteiger partial charge in [0.25, 0.3) is 0 Å². The molecule has 0 saturated heterocycles. The van der Waals surface area contributed by atoms with Crippen LogP contribution in [0.15, 0.2) is 0 Å². The molecule has 1 heterocycles. The first-order valence-electron chi connectivity index (χ1n) is 12.2. The van der Waals surface area contributed by atoms with Crippen molar-refractivity contribution in [3.05, 3.63) is 10.6 Å². The monoisotopic (exact) mass is 461 g/mol. The van der Waals surface area contributed by atoms with Crippen molar-refractivity contribution in [2.24, 2.45) is 28.6 Å². The minimum atomic E-state index is -0.530. The largest absolute Gasteiger partial charge is 0.392 e. The van der Waals surface area contributed by atoms with Crippen molar-refractivity contribution in [3.63, 3.8) is 0 Å². The molecule has 1 aromatic rings. The zero-order valence-electron chi connectivity index (χ0n) is 20.3. The molecule has 1 aromatic heterocycles. The van der Waals surface area contributed by atoms with E-state index in [2.05, 4.69) is 45.3 Å². The van der Waals surface area contributed by atoms with Crippen LogP contribution in [0.1, 0.15) is 90.1 Å². The first-order valence-corrected chi connectivity index (χ1v) is 13.0. The summed E-state index contributed by atoms with van der Waals surface area (Å²) in [7, 11) is 0. The number of rotatable bonds is 5. The van der Waals surface area contributed by atoms with Crippen LogP contribution in [0, 0.1) is 28.6 Å². The molecule has 0 aromatic carbocycles. The SMILES string of the molecule is C[C@H](C(=O)NC1CC1)[C@@H]1CC[C@@]2(C)Cc3sc(NC(=O)CC(C)(C)C)nc3[C@@H](C)[C@@H]2[C@H]1O. The number of amides is 2. The average Bonchev–Trinajstić information content (AvgIpc) is 3.38. The van der Waals surface area contributed by atoms with Gasteiger partial charge in [0.05, 0.1) is 11.8 Å². The summed E-state index contributed by atoms with van der Waals surface area (Å²) in [5.41, 5.74) is 0.922. The van der Waals surface area contributed by atoms with Gasteiger partial charge in [-0.05, 0) is 54.8 Å². The molecule has 6 nitrogen and oxygen atoms in total. The molecule has 0 spiro atoms. The summed E-state index contributed by atoms with van der Waals surface area (Å²) >= 11 is 1.59. The molecule has 178 valence electrons. The second kappa shape index (κ2) is 8.39. The van der Waals surface area contributed by atoms with E-state index in [1.165, 1.54) is 4.88 Å². The van der Waals surface area contributed by atoms with Crippen LogP contribution in [0.3, 0.4) is 0 Å². The van der Waals surface area contributed by atoms with E-state index in [1.54, 1.807) is 11.3 Å². The molecule has 2 saturated carbocycles. The summed E-state index contributed by atoms with van der Waals surface area (Å²) in [4.78, 5) is 31.2. The molecule has 3 aliphatic carbocycles. The Balaban J connectivity index is 1.51. The summed E-state index contributed by atoms with van der Waals surface area (Å²) in [6.45, 7) is 12.6. The topological polar surface area (TPSA) is 91.3 Å². The van der Waals surface area contributed by atoms with Gasteiger partial charge in [-0.1, -0.05) is 41.5 Å². The van der Waals surface area contributed by atoms with Crippen molar-refractivity contribution in [1.82, 2.24) is 10.3 Å². The van der Waals surface area contributed by atoms with Crippen LogP contribution in [0.2, 0.25) is 0 Å². The molecule has 3 aliphatic rings. The Morgan fingerprint density at radius 2 is 1.97 bits per heavy atom. The second-order valence-electron chi connectivity index (χ2n) is 12.0. The van der Waals surface area contributed by atoms with Crippen molar-refractivity contribution in [2.45, 2.75) is 98.1 Å². The Labute approximate surface area is 196 Å². The highest BCUT2D eigenvalue weighted by atomic mass is 32.1. The number of nitrogens with one attached hydrogen (secondary N) is 2. The van der Waals surface area contributed by atoms with Crippen LogP contribution in [0.4, 0.5) is 5.13 Å². The zero-order valence-corrected chi connectivity index (χ0v) is 21.1. The molecule has 0 bridgehead atoms. The average molecular weight is 462 g/mol. The number of carbonyl (C=O) groups excluding carboxylic acids is 2. The predicted octanol–water partition coefficient (Wildman–Crippen LogP) is 4.49. The van der Waals surface area contributed by atoms with Gasteiger partial charge in [0.2, 0.25) is 11.8 Å². The van der Waals surface area contributed by atoms with Gasteiger partial charge in [0, 0.05) is 29.2 Å². The summed E-state index contributed by atoms with van der Waals surface area (Å²) in [6.07, 6.45) is 4.80. The Kier molecular flexibility index (Phi) is 6.21. The lowest BCUT2D eigenvalue weighted by molar-refractivity contribution is -0.134. The lowest BCUT2D eigenvalue weighted by atomic mass is 9.53. The molecular weight excluding hydrogens is 422 g/mol. The fraction of sp³-hybridized carbons (Fsp3) is 0.800. The Bertz CT molecular complexity index is 887. The van der Waals surface area contributed by atoms with Crippen LogP contribution < -0.4 is 10.6 Å². The number of hydrogen-bond donors (Lipinski definition) is 3. The normalized spacial score (nSPS) is 33.1. The molecule has 0 radical (unpaired) electrons. The van der Waals surface area contributed by atoms with Gasteiger partial charge in [-0.3, -0.25) is 9.59 Å². The van der Waals surface area contributed by atoms with Crippen molar-refractivity contribution >= 4 is 28.3 Å². The van der Waals surface area contributed by atoms with Gasteiger partial charge in [0.15, 0.2) is 5.13 Å². The van der Waals surface area contributed by atoms with Gasteiger partial charge >= 0.3 is 0 Å². The van der Waals surface area contributed by atoms with E-state index < -0.39 is 6.10 Å². The molecule has 3 N–H and O–H groups in total. The van der Waals surface area contributed by atoms with Gasteiger partial charge in [0.1, 0.15) is 0 Å². The highest BCUT2D eigenvalue weighted by Gasteiger charge is 2.54. The van der Waals surface area contributed by atoms with Crippen molar-refractivity contribution in [2.75, 3.05) is 5.32 Å². The zero-order chi connectivity index (χ0) is 23.4. The number of hydrogen-bond acceptors (Lipinski definition) is 5. The fourth-order valence-corrected chi connectivity index (χ4v) is 7.28. The van der Waals surface area contributed by atoms with E-state index in [0.29, 0.717) is 17.6 Å². The molecule has 2 fully saturated rings. The third kappa shape index (κ3) is 4.74. The number of carbonyl (C=O) groups is 2. The maximum Gasteiger partial charge on any atom is 0.226 e. The van der Waals surface area contributed by atoms with Gasteiger partial charge in [-0.2, -0.15) is 0 Å². The maximum absolute atomic E-state index is 12.7. The molecular formula is C25H39N3O3S. The number of aliphatic hydroxyl groups excluding tert-OH is 1. The van der Waals surface area contributed by atoms with Crippen LogP contribution in [0.25, 0.3) is 0 Å². The van der Waals surface area contributed by atoms with Gasteiger partial charge < -0.3 is 15.7 Å². The molecule has 32 heavy (non-hydrogen) atoms. The number of nitrogens with zero attached hydrogens (tertiary/aromatic N) is 1. The van der Waals surface area contributed by atoms with Crippen LogP contribution in [0.5, 0.6) is 0 Å². The number of aliphatic hydroxyl groups is 1. The fourth-order valence-electron chi connectivity index (χ4n) is 6.00. The first-order chi connectivity index (χ1) is 14.9. The summed E-state index contributed by atoms with van der Waals surface area (Å²) in [5, 5.41) is 18.3. The Morgan fingerprint density at radius 1 is 1.28 bits per heavy atom. The van der Waals surface area contributed by atoms with E-state index in [4.69, 9.17) is 4.98 Å². The maximum atomic E-state index is 12.7. The highest BCUT2D eigenvalue weighted by Crippen LogP contribution is 2.57. The van der Waals surface area contributed by atoms with Crippen molar-refractivity contribution in [3.8, 4) is 0 Å². The third-order valence-corrected chi connectivity index (χ3v) is 8.83. The van der Waals surface area contributed by atoms with Crippen molar-refractivity contribution in [1.29, 1.82) is 0 Å². The second-order valence-corrected chi connectivity index (χ2v) is 13.1. The summed E-state index contributed by atoms with van der Waals surface area (Å²) in [5.74, 6) is 0.0130. The first kappa shape index (κ1) is 23.7. The van der Waals surface area contributed by atoms with Crippen LogP contribution in [-0.4, -0.2) is 34.1 Å². The third-order valence-electron chi connectivity index (χ3n) is 7.84. The quantitative estimate of drug-likeness (QED) is 0.603. The molecule has 0 unspecified atom stereocenters. The van der Waals surface area contributed by atoms with E-state index in [9.17, 15) is 14.7 Å². The molecule has 6 atom stereocenters. The van der Waals surface area contributed by atoms with E-state index in [-0.39, 0.29) is 46.3 Å². The minimum absolute atomic E-state index is 0.00419. The lowest BCUT2D eigenvalue weighted by Crippen LogP contribution is -2.53. The number of thiazole rings is 1. The van der Waals surface area contributed by atoms with Gasteiger partial charge in [-0.25, -0.2) is 4.98 Å².